The summed E-state index contributed by atoms with van der Waals surface area (Å²) in [7, 11) is 0. The number of carbonyl (C=O) groups excluding carboxylic acids is 1. The van der Waals surface area contributed by atoms with Crippen LogP contribution in [-0.4, -0.2) is 46.3 Å². The summed E-state index contributed by atoms with van der Waals surface area (Å²) in [6.07, 6.45) is 7.64. The Labute approximate surface area is 175 Å². The monoisotopic (exact) mass is 407 g/mol. The van der Waals surface area contributed by atoms with Crippen LogP contribution in [-0.2, 0) is 0 Å². The van der Waals surface area contributed by atoms with Crippen LogP contribution in [0.4, 0.5) is 0 Å². The lowest BCUT2D eigenvalue weighted by atomic mass is 9.97. The number of aromatic nitrogens is 2. The van der Waals surface area contributed by atoms with Crippen LogP contribution in [0.3, 0.4) is 0 Å². The van der Waals surface area contributed by atoms with E-state index in [-0.39, 0.29) is 5.91 Å². The van der Waals surface area contributed by atoms with Crippen molar-refractivity contribution in [2.75, 3.05) is 26.0 Å². The predicted molar refractivity (Wildman–Crippen MR) is 116 cm³/mol. The lowest BCUT2D eigenvalue weighted by Crippen LogP contribution is -2.39. The molecule has 0 unspecified atom stereocenters. The first kappa shape index (κ1) is 19.6. The Morgan fingerprint density at radius 3 is 2.69 bits per heavy atom. The molecule has 2 aromatic carbocycles. The fourth-order valence-electron chi connectivity index (χ4n) is 3.64. The Morgan fingerprint density at radius 1 is 1.14 bits per heavy atom. The number of hydrogen-bond donors (Lipinski definition) is 0. The number of hydrogen-bond acceptors (Lipinski definition) is 4. The minimum atomic E-state index is 0.0973. The van der Waals surface area contributed by atoms with Crippen LogP contribution >= 0.6 is 11.8 Å². The summed E-state index contributed by atoms with van der Waals surface area (Å²) >= 11 is 1.59. The van der Waals surface area contributed by atoms with Gasteiger partial charge >= 0.3 is 0 Å². The fourth-order valence-corrected chi connectivity index (χ4v) is 4.17. The molecular weight excluding hydrogens is 382 g/mol. The van der Waals surface area contributed by atoms with Crippen LogP contribution in [0.15, 0.2) is 72.1 Å². The second kappa shape index (κ2) is 9.18. The van der Waals surface area contributed by atoms with Crippen LogP contribution in [0, 0.1) is 5.92 Å². The molecule has 1 aromatic heterocycles. The summed E-state index contributed by atoms with van der Waals surface area (Å²) in [5.41, 5.74) is 1.69. The van der Waals surface area contributed by atoms with Gasteiger partial charge in [0.05, 0.1) is 6.61 Å². The third kappa shape index (κ3) is 4.65. The van der Waals surface area contributed by atoms with Crippen molar-refractivity contribution in [2.45, 2.75) is 18.0 Å². The molecule has 5 nitrogen and oxygen atoms in total. The molecule has 1 aliphatic rings. The zero-order valence-electron chi connectivity index (χ0n) is 16.5. The fraction of sp³-hybridized carbons (Fsp3) is 0.304. The van der Waals surface area contributed by atoms with Crippen LogP contribution in [0.5, 0.6) is 5.75 Å². The minimum Gasteiger partial charge on any atom is -0.493 e. The maximum Gasteiger partial charge on any atom is 0.253 e. The van der Waals surface area contributed by atoms with E-state index in [1.807, 2.05) is 76.5 Å². The maximum absolute atomic E-state index is 13.0. The topological polar surface area (TPSA) is 47.4 Å². The Balaban J connectivity index is 1.35. The van der Waals surface area contributed by atoms with Crippen LogP contribution in [0.1, 0.15) is 23.2 Å². The van der Waals surface area contributed by atoms with Crippen molar-refractivity contribution in [3.63, 3.8) is 0 Å². The SMILES string of the molecule is CSc1nccn1-c1cccc(C(=O)N2CCC(COc3ccccc3)CC2)c1. The molecule has 0 bridgehead atoms. The van der Waals surface area contributed by atoms with Crippen LogP contribution in [0.2, 0.25) is 0 Å². The van der Waals surface area contributed by atoms with Crippen molar-refractivity contribution in [3.05, 3.63) is 72.6 Å². The van der Waals surface area contributed by atoms with Crippen LogP contribution < -0.4 is 4.74 Å². The number of imidazole rings is 1. The van der Waals surface area contributed by atoms with Crippen molar-refractivity contribution in [2.24, 2.45) is 5.92 Å². The van der Waals surface area contributed by atoms with Gasteiger partial charge in [0, 0.05) is 36.7 Å². The van der Waals surface area contributed by atoms with Gasteiger partial charge in [-0.25, -0.2) is 4.98 Å². The van der Waals surface area contributed by atoms with Gasteiger partial charge < -0.3 is 9.64 Å². The molecule has 29 heavy (non-hydrogen) atoms. The quantitative estimate of drug-likeness (QED) is 0.564. The van der Waals surface area contributed by atoms with Gasteiger partial charge in [-0.05, 0) is 55.3 Å². The number of likely N-dealkylation sites (tertiary alicyclic amines) is 1. The van der Waals surface area contributed by atoms with Gasteiger partial charge in [0.15, 0.2) is 5.16 Å². The highest BCUT2D eigenvalue weighted by Crippen LogP contribution is 2.23. The summed E-state index contributed by atoms with van der Waals surface area (Å²) in [4.78, 5) is 19.3. The van der Waals surface area contributed by atoms with Crippen molar-refractivity contribution >= 4 is 17.7 Å². The number of amides is 1. The zero-order valence-corrected chi connectivity index (χ0v) is 17.3. The van der Waals surface area contributed by atoms with Crippen molar-refractivity contribution in [1.29, 1.82) is 0 Å². The average Bonchev–Trinajstić information content (AvgIpc) is 3.27. The number of carbonyl (C=O) groups is 1. The van der Waals surface area contributed by atoms with E-state index in [0.717, 1.165) is 48.1 Å². The van der Waals surface area contributed by atoms with Gasteiger partial charge in [-0.3, -0.25) is 9.36 Å². The lowest BCUT2D eigenvalue weighted by molar-refractivity contribution is 0.0661. The normalized spacial score (nSPS) is 14.7. The van der Waals surface area contributed by atoms with Crippen molar-refractivity contribution in [1.82, 2.24) is 14.5 Å². The minimum absolute atomic E-state index is 0.0973. The summed E-state index contributed by atoms with van der Waals surface area (Å²) in [6, 6.07) is 17.7. The van der Waals surface area contributed by atoms with E-state index in [1.54, 1.807) is 18.0 Å². The van der Waals surface area contributed by atoms with E-state index in [9.17, 15) is 4.79 Å². The van der Waals surface area contributed by atoms with Gasteiger partial charge in [0.2, 0.25) is 0 Å². The Kier molecular flexibility index (Phi) is 6.20. The number of nitrogens with zero attached hydrogens (tertiary/aromatic N) is 3. The van der Waals surface area contributed by atoms with Crippen molar-refractivity contribution < 1.29 is 9.53 Å². The summed E-state index contributed by atoms with van der Waals surface area (Å²) in [5, 5.41) is 0.911. The molecule has 0 aliphatic carbocycles. The number of thioether (sulfide) groups is 1. The molecule has 6 heteroatoms. The standard InChI is InChI=1S/C23H25N3O2S/c1-29-23-24-12-15-26(23)20-7-5-6-19(16-20)22(27)25-13-10-18(11-14-25)17-28-21-8-3-2-4-9-21/h2-9,12,15-16,18H,10-11,13-14,17H2,1H3. The molecule has 1 saturated heterocycles. The molecule has 1 aliphatic heterocycles. The molecule has 1 fully saturated rings. The summed E-state index contributed by atoms with van der Waals surface area (Å²) in [5.74, 6) is 1.49. The van der Waals surface area contributed by atoms with E-state index >= 15 is 0 Å². The summed E-state index contributed by atoms with van der Waals surface area (Å²) < 4.78 is 7.90. The summed E-state index contributed by atoms with van der Waals surface area (Å²) in [6.45, 7) is 2.25. The molecular formula is C23H25N3O2S. The molecule has 0 saturated carbocycles. The van der Waals surface area contributed by atoms with E-state index in [0.29, 0.717) is 12.5 Å². The molecule has 2 heterocycles. The second-order valence-electron chi connectivity index (χ2n) is 7.19. The molecule has 0 atom stereocenters. The first-order valence-electron chi connectivity index (χ1n) is 9.89. The maximum atomic E-state index is 13.0. The molecule has 0 N–H and O–H groups in total. The lowest BCUT2D eigenvalue weighted by Gasteiger charge is -2.32. The van der Waals surface area contributed by atoms with Gasteiger partial charge in [-0.2, -0.15) is 0 Å². The van der Waals surface area contributed by atoms with Gasteiger partial charge in [0.25, 0.3) is 5.91 Å². The Hall–Kier alpha value is -2.73. The third-order valence-corrected chi connectivity index (χ3v) is 5.96. The van der Waals surface area contributed by atoms with Gasteiger partial charge in [-0.15, -0.1) is 0 Å². The first-order valence-corrected chi connectivity index (χ1v) is 11.1. The van der Waals surface area contributed by atoms with E-state index < -0.39 is 0 Å². The van der Waals surface area contributed by atoms with E-state index in [1.165, 1.54) is 0 Å². The van der Waals surface area contributed by atoms with Crippen molar-refractivity contribution in [3.8, 4) is 11.4 Å². The van der Waals surface area contributed by atoms with E-state index in [2.05, 4.69) is 4.98 Å². The second-order valence-corrected chi connectivity index (χ2v) is 7.97. The number of piperidine rings is 1. The number of para-hydroxylation sites is 1. The molecule has 4 rings (SSSR count). The third-order valence-electron chi connectivity index (χ3n) is 5.29. The number of benzene rings is 2. The number of ether oxygens (including phenoxy) is 1. The smallest absolute Gasteiger partial charge is 0.253 e. The van der Waals surface area contributed by atoms with E-state index in [4.69, 9.17) is 4.74 Å². The van der Waals surface area contributed by atoms with Gasteiger partial charge in [0.1, 0.15) is 5.75 Å². The molecule has 1 amide bonds. The van der Waals surface area contributed by atoms with Crippen LogP contribution in [0.25, 0.3) is 5.69 Å². The predicted octanol–water partition coefficient (Wildman–Crippen LogP) is 4.53. The average molecular weight is 408 g/mol. The van der Waals surface area contributed by atoms with Gasteiger partial charge in [-0.1, -0.05) is 36.0 Å². The highest BCUT2D eigenvalue weighted by atomic mass is 32.2. The molecule has 0 radical (unpaired) electrons. The molecule has 150 valence electrons. The highest BCUT2D eigenvalue weighted by Gasteiger charge is 2.24. The first-order chi connectivity index (χ1) is 14.2. The molecule has 0 spiro atoms. The Morgan fingerprint density at radius 2 is 1.93 bits per heavy atom. The molecule has 3 aromatic rings. The Bertz CT molecular complexity index is 950. The number of rotatable bonds is 6. The largest absolute Gasteiger partial charge is 0.493 e. The zero-order chi connectivity index (χ0) is 20.1. The highest BCUT2D eigenvalue weighted by molar-refractivity contribution is 7.98.